The highest BCUT2D eigenvalue weighted by Crippen LogP contribution is 2.42. The highest BCUT2D eigenvalue weighted by atomic mass is 19.4. The molecular weight excluding hydrogens is 986 g/mol. The maximum atomic E-state index is 13.5. The molecule has 75 heavy (non-hydrogen) atoms. The zero-order valence-electron chi connectivity index (χ0n) is 41.2. The zero-order valence-corrected chi connectivity index (χ0v) is 41.2. The standard InChI is InChI=1S/C53H57F3N6O13/c1-28(2)21-40(49(69)59-27-45(66)61-39(9-6-8-20-58-52(73)53(54,55)56)50(70)60-31-12-16-34-29(3)22-46(67)75-41(34)24-31)62-44(65)10-5-4-7-19-57-48(68)30-11-15-35(38(23-30)51(71)72)47-36-17-13-32(63)25-42(36)74-43-26-33(64)14-18-37(43)47/h11-18,22-26,28,39-40,45,61,63,66H,4-10,19-21,27H2,1-3H3,(H,57,68)(H,58,73)(H,59,69)(H,60,70)(H,62,65)(H,71,72)/t39-,40-,45?/m0/s1. The van der Waals surface area contributed by atoms with E-state index in [2.05, 4.69) is 26.6 Å². The van der Waals surface area contributed by atoms with E-state index >= 15 is 0 Å². The third-order valence-corrected chi connectivity index (χ3v) is 12.0. The molecule has 22 heteroatoms. The summed E-state index contributed by atoms with van der Waals surface area (Å²) in [6, 6.07) is 16.5. The van der Waals surface area contributed by atoms with E-state index < -0.39 is 72.2 Å². The average Bonchev–Trinajstić information content (AvgIpc) is 3.34. The number of phenols is 1. The number of aliphatic hydroxyl groups is 1. The molecule has 0 fully saturated rings. The first-order valence-corrected chi connectivity index (χ1v) is 24.1. The van der Waals surface area contributed by atoms with E-state index in [1.807, 2.05) is 13.8 Å². The minimum atomic E-state index is -5.06. The first-order chi connectivity index (χ1) is 35.6. The van der Waals surface area contributed by atoms with E-state index in [1.54, 1.807) is 30.4 Å². The highest BCUT2D eigenvalue weighted by molar-refractivity contribution is 6.09. The summed E-state index contributed by atoms with van der Waals surface area (Å²) in [5, 5.41) is 47.6. The van der Waals surface area contributed by atoms with Crippen molar-refractivity contribution in [2.75, 3.05) is 25.0 Å². The summed E-state index contributed by atoms with van der Waals surface area (Å²) in [5.41, 5.74) is 1.38. The van der Waals surface area contributed by atoms with Gasteiger partial charge in [0.05, 0.1) is 18.2 Å². The highest BCUT2D eigenvalue weighted by Gasteiger charge is 2.38. The van der Waals surface area contributed by atoms with Crippen LogP contribution in [0.25, 0.3) is 44.4 Å². The zero-order chi connectivity index (χ0) is 54.6. The number of carboxylic acids is 1. The lowest BCUT2D eigenvalue weighted by atomic mass is 9.90. The van der Waals surface area contributed by atoms with Crippen LogP contribution in [0.4, 0.5) is 18.9 Å². The number of anilines is 1. The van der Waals surface area contributed by atoms with Gasteiger partial charge in [-0.3, -0.25) is 34.1 Å². The quantitative estimate of drug-likeness (QED) is 0.0144. The summed E-state index contributed by atoms with van der Waals surface area (Å²) in [6.45, 7) is 4.84. The Bertz CT molecular complexity index is 3170. The number of amides is 5. The van der Waals surface area contributed by atoms with Gasteiger partial charge in [-0.15, -0.1) is 0 Å². The fourth-order valence-corrected chi connectivity index (χ4v) is 8.40. The largest absolute Gasteiger partial charge is 0.508 e. The van der Waals surface area contributed by atoms with E-state index in [0.717, 1.165) is 0 Å². The molecule has 2 heterocycles. The van der Waals surface area contributed by atoms with Gasteiger partial charge in [-0.05, 0) is 111 Å². The SMILES string of the molecule is Cc1cc(=O)oc2cc(NC(=O)[C@H](CCCCNC(=O)C(F)(F)F)NC(O)CNC(=O)[C@H](CC(C)C)NC(=O)CCCCCNC(=O)c3ccc(-c4c5ccc(=O)cc-5oc5cc(O)ccc45)c(C(=O)O)c3)ccc12. The summed E-state index contributed by atoms with van der Waals surface area (Å²) < 4.78 is 49.1. The van der Waals surface area contributed by atoms with Gasteiger partial charge in [0, 0.05) is 76.9 Å². The molecule has 9 N–H and O–H groups in total. The fourth-order valence-electron chi connectivity index (χ4n) is 8.40. The van der Waals surface area contributed by atoms with Gasteiger partial charge in [0.25, 0.3) is 5.91 Å². The number of halogens is 3. The molecule has 0 bridgehead atoms. The van der Waals surface area contributed by atoms with Crippen molar-refractivity contribution in [2.45, 2.75) is 96.6 Å². The minimum absolute atomic E-state index is 0.0236. The summed E-state index contributed by atoms with van der Waals surface area (Å²) >= 11 is 0. The molecule has 0 saturated carbocycles. The van der Waals surface area contributed by atoms with Gasteiger partial charge < -0.3 is 50.7 Å². The third kappa shape index (κ3) is 15.5. The molecule has 6 rings (SSSR count). The van der Waals surface area contributed by atoms with Gasteiger partial charge in [0.2, 0.25) is 17.7 Å². The summed E-state index contributed by atoms with van der Waals surface area (Å²) in [7, 11) is 0. The number of aromatic hydroxyl groups is 1. The van der Waals surface area contributed by atoms with Crippen molar-refractivity contribution in [3.8, 4) is 28.2 Å². The van der Waals surface area contributed by atoms with Crippen LogP contribution in [0.15, 0.2) is 97.3 Å². The van der Waals surface area contributed by atoms with Crippen LogP contribution in [0.2, 0.25) is 0 Å². The second-order valence-electron chi connectivity index (χ2n) is 18.4. The smallest absolute Gasteiger partial charge is 0.471 e. The molecule has 1 aromatic heterocycles. The van der Waals surface area contributed by atoms with Crippen molar-refractivity contribution >= 4 is 63.1 Å². The second kappa shape index (κ2) is 25.2. The van der Waals surface area contributed by atoms with E-state index in [-0.39, 0.29) is 102 Å². The van der Waals surface area contributed by atoms with Gasteiger partial charge in [-0.1, -0.05) is 26.3 Å². The molecule has 1 aliphatic heterocycles. The molecule has 0 spiro atoms. The van der Waals surface area contributed by atoms with Crippen molar-refractivity contribution in [1.82, 2.24) is 26.6 Å². The molecule has 3 aromatic carbocycles. The van der Waals surface area contributed by atoms with Gasteiger partial charge in [-0.2, -0.15) is 13.2 Å². The molecule has 1 aliphatic carbocycles. The normalized spacial score (nSPS) is 12.8. The number of carbonyl (C=O) groups is 6. The molecule has 4 aromatic rings. The predicted molar refractivity (Wildman–Crippen MR) is 270 cm³/mol. The van der Waals surface area contributed by atoms with Crippen LogP contribution in [-0.4, -0.2) is 94.9 Å². The van der Waals surface area contributed by atoms with Crippen molar-refractivity contribution in [3.63, 3.8) is 0 Å². The monoisotopic (exact) mass is 1040 g/mol. The van der Waals surface area contributed by atoms with E-state index in [9.17, 15) is 66.8 Å². The number of nitrogens with one attached hydrogen (secondary N) is 6. The van der Waals surface area contributed by atoms with Crippen LogP contribution in [-0.2, 0) is 19.2 Å². The maximum absolute atomic E-state index is 13.5. The van der Waals surface area contributed by atoms with Crippen molar-refractivity contribution in [1.29, 1.82) is 0 Å². The Morgan fingerprint density at radius 2 is 1.43 bits per heavy atom. The van der Waals surface area contributed by atoms with E-state index in [0.29, 0.717) is 46.7 Å². The number of aryl methyl sites for hydroxylation is 1. The second-order valence-corrected chi connectivity index (χ2v) is 18.4. The van der Waals surface area contributed by atoms with Crippen molar-refractivity contribution < 1.29 is 66.1 Å². The number of aliphatic hydroxyl groups excluding tert-OH is 1. The van der Waals surface area contributed by atoms with Crippen molar-refractivity contribution in [3.05, 3.63) is 116 Å². The Balaban J connectivity index is 0.986. The number of carbonyl (C=O) groups excluding carboxylic acids is 5. The predicted octanol–water partition coefficient (Wildman–Crippen LogP) is 6.08. The summed E-state index contributed by atoms with van der Waals surface area (Å²) in [5.74, 6) is -5.64. The Morgan fingerprint density at radius 3 is 2.16 bits per heavy atom. The Kier molecular flexibility index (Phi) is 18.9. The van der Waals surface area contributed by atoms with E-state index in [1.165, 1.54) is 60.7 Å². The minimum Gasteiger partial charge on any atom is -0.508 e. The lowest BCUT2D eigenvalue weighted by Crippen LogP contribution is -2.53. The molecule has 5 amide bonds. The van der Waals surface area contributed by atoms with E-state index in [4.69, 9.17) is 8.83 Å². The number of aromatic carboxylic acids is 1. The molecule has 2 aliphatic rings. The van der Waals surface area contributed by atoms with Crippen LogP contribution in [0.5, 0.6) is 5.75 Å². The molecule has 398 valence electrons. The van der Waals surface area contributed by atoms with Gasteiger partial charge in [0.15, 0.2) is 5.43 Å². The number of phenolic OH excluding ortho intramolecular Hbond substituents is 1. The Morgan fingerprint density at radius 1 is 0.720 bits per heavy atom. The molecule has 19 nitrogen and oxygen atoms in total. The number of carboxylic acid groups (broad SMARTS) is 1. The van der Waals surface area contributed by atoms with Gasteiger partial charge in [-0.25, -0.2) is 9.59 Å². The Labute approximate surface area is 426 Å². The number of hydrogen-bond acceptors (Lipinski definition) is 13. The van der Waals surface area contributed by atoms with Crippen LogP contribution < -0.4 is 43.0 Å². The fraction of sp³-hybridized carbons (Fsp3) is 0.358. The number of alkyl halides is 3. The van der Waals surface area contributed by atoms with Crippen LogP contribution in [0.1, 0.15) is 91.5 Å². The number of hydrogen-bond donors (Lipinski definition) is 9. The summed E-state index contributed by atoms with van der Waals surface area (Å²) in [4.78, 5) is 101. The Hall–Kier alpha value is -8.11. The number of benzene rings is 4. The number of fused-ring (bicyclic) bond motifs is 3. The lowest BCUT2D eigenvalue weighted by molar-refractivity contribution is -0.173. The number of rotatable bonds is 24. The van der Waals surface area contributed by atoms with Gasteiger partial charge >= 0.3 is 23.7 Å². The van der Waals surface area contributed by atoms with Gasteiger partial charge in [0.1, 0.15) is 34.9 Å². The average molecular weight is 1040 g/mol. The summed E-state index contributed by atoms with van der Waals surface area (Å²) in [6.07, 6.45) is -4.82. The van der Waals surface area contributed by atoms with Crippen molar-refractivity contribution in [2.24, 2.45) is 5.92 Å². The van der Waals surface area contributed by atoms with Crippen LogP contribution in [0, 0.1) is 12.8 Å². The molecule has 3 atom stereocenters. The third-order valence-electron chi connectivity index (χ3n) is 12.0. The first kappa shape index (κ1) is 56.2. The molecular formula is C53H57F3N6O13. The molecule has 0 radical (unpaired) electrons. The first-order valence-electron chi connectivity index (χ1n) is 24.1. The van der Waals surface area contributed by atoms with Crippen LogP contribution in [0.3, 0.4) is 0 Å². The number of unbranched alkanes of at least 4 members (excludes halogenated alkanes) is 3. The maximum Gasteiger partial charge on any atom is 0.471 e. The lowest BCUT2D eigenvalue weighted by Gasteiger charge is -2.24. The molecule has 1 unspecified atom stereocenters. The topological polar surface area (TPSA) is 296 Å². The molecule has 0 saturated heterocycles. The van der Waals surface area contributed by atoms with Crippen LogP contribution >= 0.6 is 0 Å².